The lowest BCUT2D eigenvalue weighted by molar-refractivity contribution is 0.141. The van der Waals surface area contributed by atoms with Crippen LogP contribution in [0.1, 0.15) is 30.6 Å². The Kier molecular flexibility index (Phi) is 2.45. The van der Waals surface area contributed by atoms with Gasteiger partial charge in [-0.15, -0.1) is 0 Å². The van der Waals surface area contributed by atoms with E-state index in [4.69, 9.17) is 0 Å². The first-order valence-corrected chi connectivity index (χ1v) is 3.88. The Bertz CT molecular complexity index is 279. The van der Waals surface area contributed by atoms with Crippen molar-refractivity contribution in [1.82, 2.24) is 9.55 Å². The van der Waals surface area contributed by atoms with Crippen molar-refractivity contribution in [1.29, 1.82) is 0 Å². The van der Waals surface area contributed by atoms with E-state index < -0.39 is 6.43 Å². The quantitative estimate of drug-likeness (QED) is 0.672. The van der Waals surface area contributed by atoms with Crippen molar-refractivity contribution in [3.05, 3.63) is 17.2 Å². The van der Waals surface area contributed by atoms with Gasteiger partial charge in [-0.05, 0) is 13.3 Å². The van der Waals surface area contributed by atoms with Crippen molar-refractivity contribution >= 4 is 0 Å². The molecular weight excluding hydrogens is 162 g/mol. The number of aryl methyl sites for hydroxylation is 2. The van der Waals surface area contributed by atoms with Crippen molar-refractivity contribution in [3.8, 4) is 0 Å². The molecule has 1 heterocycles. The maximum atomic E-state index is 12.4. The normalized spacial score (nSPS) is 11.2. The van der Waals surface area contributed by atoms with Gasteiger partial charge in [0.1, 0.15) is 11.5 Å². The van der Waals surface area contributed by atoms with Crippen LogP contribution in [0.4, 0.5) is 8.78 Å². The molecule has 68 valence electrons. The van der Waals surface area contributed by atoms with E-state index in [0.717, 1.165) is 0 Å². The lowest BCUT2D eigenvalue weighted by Gasteiger charge is -2.02. The first-order valence-electron chi connectivity index (χ1n) is 3.88. The van der Waals surface area contributed by atoms with E-state index in [1.54, 1.807) is 14.0 Å². The van der Waals surface area contributed by atoms with Gasteiger partial charge in [0.15, 0.2) is 0 Å². The van der Waals surface area contributed by atoms with Crippen LogP contribution in [-0.2, 0) is 13.5 Å². The van der Waals surface area contributed by atoms with Crippen LogP contribution in [0.15, 0.2) is 0 Å². The van der Waals surface area contributed by atoms with E-state index in [9.17, 15) is 8.78 Å². The van der Waals surface area contributed by atoms with Gasteiger partial charge in [-0.25, -0.2) is 13.8 Å². The molecule has 0 unspecified atom stereocenters. The lowest BCUT2D eigenvalue weighted by Crippen LogP contribution is -2.00. The second-order valence-electron chi connectivity index (χ2n) is 2.70. The van der Waals surface area contributed by atoms with Gasteiger partial charge in [-0.1, -0.05) is 6.92 Å². The number of imidazole rings is 1. The monoisotopic (exact) mass is 174 g/mol. The topological polar surface area (TPSA) is 17.8 Å². The predicted octanol–water partition coefficient (Wildman–Crippen LogP) is 2.23. The van der Waals surface area contributed by atoms with Gasteiger partial charge in [0.25, 0.3) is 6.43 Å². The average molecular weight is 174 g/mol. The summed E-state index contributed by atoms with van der Waals surface area (Å²) in [6.45, 7) is 3.55. The van der Waals surface area contributed by atoms with Crippen molar-refractivity contribution in [2.45, 2.75) is 26.7 Å². The van der Waals surface area contributed by atoms with E-state index in [-0.39, 0.29) is 5.69 Å². The number of aromatic nitrogens is 2. The zero-order chi connectivity index (χ0) is 9.30. The first kappa shape index (κ1) is 9.16. The van der Waals surface area contributed by atoms with Gasteiger partial charge in [0.05, 0.1) is 5.69 Å². The van der Waals surface area contributed by atoms with Crippen LogP contribution in [0.25, 0.3) is 0 Å². The molecule has 0 bridgehead atoms. The molecule has 1 rings (SSSR count). The summed E-state index contributed by atoms with van der Waals surface area (Å²) in [6, 6.07) is 0. The predicted molar refractivity (Wildman–Crippen MR) is 42.3 cm³/mol. The number of rotatable bonds is 2. The van der Waals surface area contributed by atoms with Gasteiger partial charge >= 0.3 is 0 Å². The van der Waals surface area contributed by atoms with Crippen LogP contribution in [0, 0.1) is 6.92 Å². The molecule has 0 aliphatic rings. The summed E-state index contributed by atoms with van der Waals surface area (Å²) in [5.41, 5.74) is 0.556. The fourth-order valence-corrected chi connectivity index (χ4v) is 1.23. The van der Waals surface area contributed by atoms with E-state index >= 15 is 0 Å². The third kappa shape index (κ3) is 1.33. The summed E-state index contributed by atoms with van der Waals surface area (Å²) < 4.78 is 26.3. The molecule has 0 saturated heterocycles. The largest absolute Gasteiger partial charge is 0.330 e. The molecule has 0 radical (unpaired) electrons. The minimum atomic E-state index is -2.42. The van der Waals surface area contributed by atoms with Crippen LogP contribution in [0.5, 0.6) is 0 Å². The zero-order valence-corrected chi connectivity index (χ0v) is 7.43. The highest BCUT2D eigenvalue weighted by Gasteiger charge is 2.18. The molecule has 0 amide bonds. The number of hydrogen-bond donors (Lipinski definition) is 0. The van der Waals surface area contributed by atoms with E-state index in [2.05, 4.69) is 4.98 Å². The average Bonchev–Trinajstić information content (AvgIpc) is 2.28. The smallest absolute Gasteiger partial charge is 0.280 e. The van der Waals surface area contributed by atoms with Crippen LogP contribution >= 0.6 is 0 Å². The highest BCUT2D eigenvalue weighted by atomic mass is 19.3. The maximum absolute atomic E-state index is 12.4. The summed E-state index contributed by atoms with van der Waals surface area (Å²) in [5.74, 6) is 0.641. The molecule has 0 aliphatic carbocycles. The van der Waals surface area contributed by atoms with Crippen molar-refractivity contribution in [2.24, 2.45) is 7.05 Å². The molecule has 0 atom stereocenters. The Balaban J connectivity index is 3.21. The van der Waals surface area contributed by atoms with Gasteiger partial charge in [-0.3, -0.25) is 0 Å². The first-order chi connectivity index (χ1) is 5.57. The molecule has 0 spiro atoms. The molecule has 0 aliphatic heterocycles. The molecule has 12 heavy (non-hydrogen) atoms. The van der Waals surface area contributed by atoms with Gasteiger partial charge in [0.2, 0.25) is 0 Å². The SMILES string of the molecule is CCc1nc(C)n(C)c1C(F)F. The summed E-state index contributed by atoms with van der Waals surface area (Å²) >= 11 is 0. The van der Waals surface area contributed by atoms with Crippen LogP contribution in [0.2, 0.25) is 0 Å². The van der Waals surface area contributed by atoms with Crippen molar-refractivity contribution in [2.75, 3.05) is 0 Å². The summed E-state index contributed by atoms with van der Waals surface area (Å²) in [6.07, 6.45) is -1.87. The minimum Gasteiger partial charge on any atom is -0.330 e. The molecule has 0 aromatic carbocycles. The second kappa shape index (κ2) is 3.21. The van der Waals surface area contributed by atoms with Crippen LogP contribution in [0.3, 0.4) is 0 Å². The Morgan fingerprint density at radius 1 is 1.50 bits per heavy atom. The Labute approximate surface area is 70.2 Å². The highest BCUT2D eigenvalue weighted by Crippen LogP contribution is 2.23. The van der Waals surface area contributed by atoms with E-state index in [0.29, 0.717) is 17.9 Å². The number of halogens is 2. The molecule has 2 nitrogen and oxygen atoms in total. The summed E-state index contributed by atoms with van der Waals surface area (Å²) in [7, 11) is 1.61. The van der Waals surface area contributed by atoms with Crippen molar-refractivity contribution < 1.29 is 8.78 Å². The Morgan fingerprint density at radius 2 is 2.08 bits per heavy atom. The highest BCUT2D eigenvalue weighted by molar-refractivity contribution is 5.17. The summed E-state index contributed by atoms with van der Waals surface area (Å²) in [5, 5.41) is 0. The second-order valence-corrected chi connectivity index (χ2v) is 2.70. The Morgan fingerprint density at radius 3 is 2.42 bits per heavy atom. The van der Waals surface area contributed by atoms with Crippen LogP contribution < -0.4 is 0 Å². The zero-order valence-electron chi connectivity index (χ0n) is 7.43. The molecule has 1 aromatic rings. The summed E-state index contributed by atoms with van der Waals surface area (Å²) in [4.78, 5) is 4.03. The maximum Gasteiger partial charge on any atom is 0.280 e. The van der Waals surface area contributed by atoms with Gasteiger partial charge < -0.3 is 4.57 Å². The fraction of sp³-hybridized carbons (Fsp3) is 0.625. The Hall–Kier alpha value is -0.930. The lowest BCUT2D eigenvalue weighted by atomic mass is 10.3. The van der Waals surface area contributed by atoms with E-state index in [1.165, 1.54) is 4.57 Å². The number of nitrogens with zero attached hydrogens (tertiary/aromatic N) is 2. The molecule has 4 heteroatoms. The fourth-order valence-electron chi connectivity index (χ4n) is 1.23. The molecular formula is C8H12F2N2. The molecule has 0 N–H and O–H groups in total. The minimum absolute atomic E-state index is 0.0509. The van der Waals surface area contributed by atoms with E-state index in [1.807, 2.05) is 6.92 Å². The van der Waals surface area contributed by atoms with Gasteiger partial charge in [0, 0.05) is 7.05 Å². The molecule has 0 fully saturated rings. The number of alkyl halides is 2. The molecule has 0 saturated carbocycles. The number of hydrogen-bond acceptors (Lipinski definition) is 1. The van der Waals surface area contributed by atoms with Gasteiger partial charge in [-0.2, -0.15) is 0 Å². The molecule has 1 aromatic heterocycles. The third-order valence-corrected chi connectivity index (χ3v) is 1.98. The van der Waals surface area contributed by atoms with Crippen molar-refractivity contribution in [3.63, 3.8) is 0 Å². The third-order valence-electron chi connectivity index (χ3n) is 1.98. The van der Waals surface area contributed by atoms with Crippen LogP contribution in [-0.4, -0.2) is 9.55 Å². The standard InChI is InChI=1S/C8H12F2N2/c1-4-6-7(8(9)10)12(3)5(2)11-6/h8H,4H2,1-3H3.